The summed E-state index contributed by atoms with van der Waals surface area (Å²) in [7, 11) is 0. The van der Waals surface area contributed by atoms with E-state index in [0.29, 0.717) is 24.5 Å². The third-order valence-corrected chi connectivity index (χ3v) is 4.38. The number of hydrogen-bond acceptors (Lipinski definition) is 6. The van der Waals surface area contributed by atoms with Crippen LogP contribution in [0.2, 0.25) is 0 Å². The molecule has 2 aromatic heterocycles. The molecule has 2 amide bonds. The van der Waals surface area contributed by atoms with Crippen molar-refractivity contribution < 1.29 is 14.3 Å². The van der Waals surface area contributed by atoms with Crippen LogP contribution in [0.5, 0.6) is 5.75 Å². The summed E-state index contributed by atoms with van der Waals surface area (Å²) in [4.78, 5) is 40.5. The molecule has 0 aliphatic carbocycles. The number of aromatic nitrogens is 2. The standard InChI is InChI=1S/C20H16N4O4/c21-18-17-15(19(26)23-20(17)27)11-16(25)24(18)13-5-3-6-14(10-13)28-9-7-12-4-1-2-8-22-12/h1-6,8,10-11H,7,9,21H2,(H,23,26,27). The van der Waals surface area contributed by atoms with Gasteiger partial charge in [-0.1, -0.05) is 12.1 Å². The van der Waals surface area contributed by atoms with Crippen LogP contribution in [-0.2, 0) is 6.42 Å². The Morgan fingerprint density at radius 2 is 1.89 bits per heavy atom. The molecule has 0 atom stereocenters. The quantitative estimate of drug-likeness (QED) is 0.649. The second-order valence-electron chi connectivity index (χ2n) is 6.19. The normalized spacial score (nSPS) is 12.6. The number of hydrogen-bond donors (Lipinski definition) is 2. The van der Waals surface area contributed by atoms with Crippen molar-refractivity contribution in [3.05, 3.63) is 81.9 Å². The summed E-state index contributed by atoms with van der Waals surface area (Å²) in [6.45, 7) is 0.409. The van der Waals surface area contributed by atoms with Crippen LogP contribution in [0.4, 0.5) is 5.82 Å². The number of amides is 2. The van der Waals surface area contributed by atoms with E-state index in [1.807, 2.05) is 18.2 Å². The highest BCUT2D eigenvalue weighted by Gasteiger charge is 2.31. The molecular weight excluding hydrogens is 360 g/mol. The molecule has 0 saturated heterocycles. The predicted octanol–water partition coefficient (Wildman–Crippen LogP) is 1.32. The fourth-order valence-electron chi connectivity index (χ4n) is 3.08. The number of ether oxygens (including phenoxy) is 1. The Hall–Kier alpha value is -3.94. The van der Waals surface area contributed by atoms with E-state index in [1.165, 1.54) is 4.57 Å². The summed E-state index contributed by atoms with van der Waals surface area (Å²) in [5.74, 6) is -0.784. The first kappa shape index (κ1) is 17.5. The number of nitrogens with two attached hydrogens (primary N) is 1. The Morgan fingerprint density at radius 3 is 2.68 bits per heavy atom. The maximum Gasteiger partial charge on any atom is 0.262 e. The molecule has 0 radical (unpaired) electrons. The van der Waals surface area contributed by atoms with E-state index in [4.69, 9.17) is 10.5 Å². The number of benzene rings is 1. The van der Waals surface area contributed by atoms with Gasteiger partial charge in [0, 0.05) is 30.4 Å². The van der Waals surface area contributed by atoms with Crippen LogP contribution in [0.15, 0.2) is 59.5 Å². The third-order valence-electron chi connectivity index (χ3n) is 4.38. The van der Waals surface area contributed by atoms with Crippen molar-refractivity contribution in [3.8, 4) is 11.4 Å². The van der Waals surface area contributed by atoms with Crippen molar-refractivity contribution in [1.82, 2.24) is 14.9 Å². The van der Waals surface area contributed by atoms with Gasteiger partial charge in [-0.3, -0.25) is 29.3 Å². The predicted molar refractivity (Wildman–Crippen MR) is 102 cm³/mol. The molecule has 3 heterocycles. The molecule has 8 heteroatoms. The molecule has 1 aliphatic heterocycles. The van der Waals surface area contributed by atoms with Gasteiger partial charge in [0.05, 0.1) is 23.4 Å². The fraction of sp³-hybridized carbons (Fsp3) is 0.100. The van der Waals surface area contributed by atoms with Crippen molar-refractivity contribution in [2.45, 2.75) is 6.42 Å². The molecule has 0 fully saturated rings. The van der Waals surface area contributed by atoms with Crippen molar-refractivity contribution in [3.63, 3.8) is 0 Å². The van der Waals surface area contributed by atoms with Gasteiger partial charge >= 0.3 is 0 Å². The van der Waals surface area contributed by atoms with Crippen molar-refractivity contribution >= 4 is 17.6 Å². The molecule has 0 unspecified atom stereocenters. The molecule has 0 spiro atoms. The van der Waals surface area contributed by atoms with Gasteiger partial charge < -0.3 is 10.5 Å². The summed E-state index contributed by atoms with van der Waals surface area (Å²) in [5.41, 5.74) is 6.89. The van der Waals surface area contributed by atoms with Gasteiger partial charge in [0.1, 0.15) is 11.6 Å². The van der Waals surface area contributed by atoms with E-state index >= 15 is 0 Å². The van der Waals surface area contributed by atoms with Crippen molar-refractivity contribution in [2.24, 2.45) is 0 Å². The zero-order chi connectivity index (χ0) is 19.7. The van der Waals surface area contributed by atoms with Gasteiger partial charge in [-0.25, -0.2) is 0 Å². The number of nitrogens with zero attached hydrogens (tertiary/aromatic N) is 2. The highest BCUT2D eigenvalue weighted by molar-refractivity contribution is 6.23. The topological polar surface area (TPSA) is 116 Å². The number of nitrogens with one attached hydrogen (secondary N) is 1. The Balaban J connectivity index is 1.62. The molecule has 1 aliphatic rings. The van der Waals surface area contributed by atoms with Crippen LogP contribution in [0.25, 0.3) is 5.69 Å². The number of rotatable bonds is 5. The number of pyridine rings is 2. The SMILES string of the molecule is Nc1c2c(cc(=O)n1-c1cccc(OCCc3ccccn3)c1)C(=O)NC2=O. The minimum absolute atomic E-state index is 0.00562. The van der Waals surface area contributed by atoms with Crippen LogP contribution in [0, 0.1) is 0 Å². The Morgan fingerprint density at radius 1 is 1.04 bits per heavy atom. The minimum Gasteiger partial charge on any atom is -0.493 e. The van der Waals surface area contributed by atoms with E-state index < -0.39 is 17.4 Å². The Bertz CT molecular complexity index is 1140. The van der Waals surface area contributed by atoms with Gasteiger partial charge in [-0.2, -0.15) is 0 Å². The highest BCUT2D eigenvalue weighted by Crippen LogP contribution is 2.24. The van der Waals surface area contributed by atoms with Crippen LogP contribution in [0.3, 0.4) is 0 Å². The second kappa shape index (κ2) is 6.99. The van der Waals surface area contributed by atoms with E-state index in [2.05, 4.69) is 10.3 Å². The van der Waals surface area contributed by atoms with Crippen molar-refractivity contribution in [1.29, 1.82) is 0 Å². The van der Waals surface area contributed by atoms with Gasteiger partial charge in [-0.05, 0) is 24.3 Å². The molecular formula is C20H16N4O4. The maximum absolute atomic E-state index is 12.5. The zero-order valence-electron chi connectivity index (χ0n) is 14.7. The summed E-state index contributed by atoms with van der Waals surface area (Å²) in [5, 5.41) is 2.14. The average molecular weight is 376 g/mol. The number of nitrogen functional groups attached to an aromatic ring is 1. The van der Waals surface area contributed by atoms with Gasteiger partial charge in [0.2, 0.25) is 0 Å². The molecule has 3 N–H and O–H groups in total. The lowest BCUT2D eigenvalue weighted by molar-refractivity contribution is 0.0880. The summed E-state index contributed by atoms with van der Waals surface area (Å²) in [6.07, 6.45) is 2.36. The van der Waals surface area contributed by atoms with Crippen LogP contribution >= 0.6 is 0 Å². The van der Waals surface area contributed by atoms with E-state index in [0.717, 1.165) is 11.8 Å². The lowest BCUT2D eigenvalue weighted by Crippen LogP contribution is -2.24. The maximum atomic E-state index is 12.5. The van der Waals surface area contributed by atoms with Gasteiger partial charge in [-0.15, -0.1) is 0 Å². The summed E-state index contributed by atoms with van der Waals surface area (Å²) >= 11 is 0. The first-order valence-corrected chi connectivity index (χ1v) is 8.59. The number of carbonyl (C=O) groups is 2. The lowest BCUT2D eigenvalue weighted by atomic mass is 10.1. The molecule has 0 saturated carbocycles. The smallest absolute Gasteiger partial charge is 0.262 e. The van der Waals surface area contributed by atoms with Crippen LogP contribution in [0.1, 0.15) is 26.4 Å². The minimum atomic E-state index is -0.623. The fourth-order valence-corrected chi connectivity index (χ4v) is 3.08. The molecule has 28 heavy (non-hydrogen) atoms. The number of anilines is 1. The van der Waals surface area contributed by atoms with E-state index in [-0.39, 0.29) is 16.9 Å². The number of carbonyl (C=O) groups excluding carboxylic acids is 2. The van der Waals surface area contributed by atoms with Crippen molar-refractivity contribution in [2.75, 3.05) is 12.3 Å². The number of fused-ring (bicyclic) bond motifs is 1. The number of imide groups is 1. The van der Waals surface area contributed by atoms with E-state index in [1.54, 1.807) is 30.5 Å². The second-order valence-corrected chi connectivity index (χ2v) is 6.19. The largest absolute Gasteiger partial charge is 0.493 e. The monoisotopic (exact) mass is 376 g/mol. The average Bonchev–Trinajstić information content (AvgIpc) is 2.96. The molecule has 8 nitrogen and oxygen atoms in total. The first-order chi connectivity index (χ1) is 13.5. The molecule has 4 rings (SSSR count). The van der Waals surface area contributed by atoms with Gasteiger partial charge in [0.25, 0.3) is 17.4 Å². The van der Waals surface area contributed by atoms with Crippen LogP contribution < -0.4 is 21.3 Å². The highest BCUT2D eigenvalue weighted by atomic mass is 16.5. The zero-order valence-corrected chi connectivity index (χ0v) is 14.7. The third kappa shape index (κ3) is 3.11. The Labute approximate surface area is 159 Å². The Kier molecular flexibility index (Phi) is 4.36. The van der Waals surface area contributed by atoms with E-state index in [9.17, 15) is 14.4 Å². The molecule has 140 valence electrons. The molecule has 1 aromatic carbocycles. The van der Waals surface area contributed by atoms with Gasteiger partial charge in [0.15, 0.2) is 0 Å². The molecule has 0 bridgehead atoms. The molecule has 3 aromatic rings. The lowest BCUT2D eigenvalue weighted by Gasteiger charge is -2.13. The summed E-state index contributed by atoms with van der Waals surface area (Å²) in [6, 6.07) is 13.6. The summed E-state index contributed by atoms with van der Waals surface area (Å²) < 4.78 is 6.94. The first-order valence-electron chi connectivity index (χ1n) is 8.59. The van der Waals surface area contributed by atoms with Crippen LogP contribution in [-0.4, -0.2) is 28.0 Å².